The molecule has 0 aromatic heterocycles. The molecular formula is C13H19N3O. The first-order chi connectivity index (χ1) is 8.14. The number of carbonyl (C=O) groups is 1. The Kier molecular flexibility index (Phi) is 3.33. The minimum atomic E-state index is -0.279. The molecule has 1 saturated carbocycles. The van der Waals surface area contributed by atoms with Crippen LogP contribution in [-0.2, 0) is 0 Å². The Morgan fingerprint density at radius 2 is 2.06 bits per heavy atom. The van der Waals surface area contributed by atoms with Crippen LogP contribution >= 0.6 is 0 Å². The molecule has 2 rings (SSSR count). The normalized spacial score (nSPS) is 18.2. The third-order valence-electron chi connectivity index (χ3n) is 3.33. The van der Waals surface area contributed by atoms with Crippen LogP contribution in [0.4, 0.5) is 10.5 Å². The van der Waals surface area contributed by atoms with E-state index in [-0.39, 0.29) is 11.6 Å². The second-order valence-electron chi connectivity index (χ2n) is 4.84. The maximum Gasteiger partial charge on any atom is 0.319 e. The number of carbonyl (C=O) groups excluding carboxylic acids is 1. The molecule has 92 valence electrons. The van der Waals surface area contributed by atoms with E-state index in [9.17, 15) is 4.79 Å². The number of para-hydroxylation sites is 1. The molecule has 1 unspecified atom stereocenters. The van der Waals surface area contributed by atoms with Crippen molar-refractivity contribution >= 4 is 11.7 Å². The fraction of sp³-hybridized carbons (Fsp3) is 0.462. The lowest BCUT2D eigenvalue weighted by Crippen LogP contribution is -2.54. The zero-order valence-electron chi connectivity index (χ0n) is 10.1. The quantitative estimate of drug-likeness (QED) is 0.744. The van der Waals surface area contributed by atoms with E-state index in [0.717, 1.165) is 18.5 Å². The van der Waals surface area contributed by atoms with E-state index in [1.807, 2.05) is 37.3 Å². The molecule has 0 spiro atoms. The van der Waals surface area contributed by atoms with Crippen molar-refractivity contribution in [3.63, 3.8) is 0 Å². The van der Waals surface area contributed by atoms with Gasteiger partial charge in [-0.05, 0) is 37.8 Å². The van der Waals surface area contributed by atoms with Crippen molar-refractivity contribution in [2.45, 2.75) is 25.3 Å². The minimum absolute atomic E-state index is 0.184. The summed E-state index contributed by atoms with van der Waals surface area (Å²) >= 11 is 0. The van der Waals surface area contributed by atoms with Crippen molar-refractivity contribution < 1.29 is 4.79 Å². The Balaban J connectivity index is 1.92. The number of nitrogens with two attached hydrogens (primary N) is 1. The second kappa shape index (κ2) is 4.75. The molecule has 0 heterocycles. The van der Waals surface area contributed by atoms with Gasteiger partial charge in [0.05, 0.1) is 5.54 Å². The van der Waals surface area contributed by atoms with Crippen LogP contribution < -0.4 is 16.4 Å². The number of rotatable bonds is 4. The Bertz CT molecular complexity index is 389. The molecular weight excluding hydrogens is 214 g/mol. The van der Waals surface area contributed by atoms with Crippen LogP contribution in [0.5, 0.6) is 0 Å². The van der Waals surface area contributed by atoms with Gasteiger partial charge in [0.2, 0.25) is 0 Å². The molecule has 1 aromatic rings. The summed E-state index contributed by atoms with van der Waals surface area (Å²) in [5, 5.41) is 5.79. The standard InChI is InChI=1S/C13H19N3O/c1-13(9-14,10-7-8-10)16-12(17)15-11-5-3-2-4-6-11/h2-6,10H,7-9,14H2,1H3,(H2,15,16,17). The molecule has 0 bridgehead atoms. The zero-order valence-corrected chi connectivity index (χ0v) is 10.1. The third kappa shape index (κ3) is 2.97. The van der Waals surface area contributed by atoms with Gasteiger partial charge in [-0.2, -0.15) is 0 Å². The summed E-state index contributed by atoms with van der Waals surface area (Å²) in [5.74, 6) is 0.522. The van der Waals surface area contributed by atoms with Gasteiger partial charge in [-0.15, -0.1) is 0 Å². The molecule has 1 aromatic carbocycles. The molecule has 0 radical (unpaired) electrons. The first kappa shape index (κ1) is 11.9. The van der Waals surface area contributed by atoms with E-state index < -0.39 is 0 Å². The average molecular weight is 233 g/mol. The van der Waals surface area contributed by atoms with Crippen LogP contribution in [0.1, 0.15) is 19.8 Å². The van der Waals surface area contributed by atoms with Gasteiger partial charge < -0.3 is 16.4 Å². The summed E-state index contributed by atoms with van der Waals surface area (Å²) in [6, 6.07) is 9.22. The van der Waals surface area contributed by atoms with Crippen molar-refractivity contribution in [3.8, 4) is 0 Å². The number of hydrogen-bond donors (Lipinski definition) is 3. The van der Waals surface area contributed by atoms with Crippen molar-refractivity contribution in [1.29, 1.82) is 0 Å². The number of amides is 2. The highest BCUT2D eigenvalue weighted by Crippen LogP contribution is 2.38. The zero-order chi connectivity index (χ0) is 12.3. The third-order valence-corrected chi connectivity index (χ3v) is 3.33. The number of hydrogen-bond acceptors (Lipinski definition) is 2. The first-order valence-electron chi connectivity index (χ1n) is 5.98. The summed E-state index contributed by atoms with van der Waals surface area (Å²) in [6.07, 6.45) is 2.30. The minimum Gasteiger partial charge on any atom is -0.331 e. The lowest BCUT2D eigenvalue weighted by Gasteiger charge is -2.29. The number of urea groups is 1. The van der Waals surface area contributed by atoms with E-state index in [4.69, 9.17) is 5.73 Å². The van der Waals surface area contributed by atoms with E-state index in [2.05, 4.69) is 10.6 Å². The fourth-order valence-electron chi connectivity index (χ4n) is 1.98. The molecule has 1 fully saturated rings. The summed E-state index contributed by atoms with van der Waals surface area (Å²) in [5.41, 5.74) is 6.26. The lowest BCUT2D eigenvalue weighted by molar-refractivity contribution is 0.234. The van der Waals surface area contributed by atoms with Crippen LogP contribution in [0.2, 0.25) is 0 Å². The van der Waals surface area contributed by atoms with Crippen molar-refractivity contribution in [2.75, 3.05) is 11.9 Å². The Hall–Kier alpha value is -1.55. The van der Waals surface area contributed by atoms with Gasteiger partial charge >= 0.3 is 6.03 Å². The van der Waals surface area contributed by atoms with E-state index in [1.165, 1.54) is 0 Å². The van der Waals surface area contributed by atoms with Gasteiger partial charge in [0.1, 0.15) is 0 Å². The Labute approximate surface area is 102 Å². The van der Waals surface area contributed by atoms with Crippen molar-refractivity contribution in [2.24, 2.45) is 11.7 Å². The highest BCUT2D eigenvalue weighted by Gasteiger charge is 2.41. The molecule has 4 heteroatoms. The molecule has 4 N–H and O–H groups in total. The highest BCUT2D eigenvalue weighted by molar-refractivity contribution is 5.89. The smallest absolute Gasteiger partial charge is 0.319 e. The molecule has 17 heavy (non-hydrogen) atoms. The number of benzene rings is 1. The van der Waals surface area contributed by atoms with Gasteiger partial charge in [-0.3, -0.25) is 0 Å². The molecule has 1 atom stereocenters. The summed E-state index contributed by atoms with van der Waals surface area (Å²) < 4.78 is 0. The van der Waals surface area contributed by atoms with Gasteiger partial charge in [-0.25, -0.2) is 4.79 Å². The largest absolute Gasteiger partial charge is 0.331 e. The number of nitrogens with one attached hydrogen (secondary N) is 2. The fourth-order valence-corrected chi connectivity index (χ4v) is 1.98. The molecule has 2 amide bonds. The summed E-state index contributed by atoms with van der Waals surface area (Å²) in [6.45, 7) is 2.48. The maximum atomic E-state index is 11.8. The van der Waals surface area contributed by atoms with Crippen LogP contribution in [0.3, 0.4) is 0 Å². The van der Waals surface area contributed by atoms with Gasteiger partial charge in [0, 0.05) is 12.2 Å². The van der Waals surface area contributed by atoms with E-state index in [0.29, 0.717) is 12.5 Å². The van der Waals surface area contributed by atoms with Crippen LogP contribution in [0.25, 0.3) is 0 Å². The topological polar surface area (TPSA) is 67.1 Å². The molecule has 4 nitrogen and oxygen atoms in total. The van der Waals surface area contributed by atoms with Gasteiger partial charge in [-0.1, -0.05) is 18.2 Å². The van der Waals surface area contributed by atoms with Crippen LogP contribution in [0.15, 0.2) is 30.3 Å². The van der Waals surface area contributed by atoms with E-state index in [1.54, 1.807) is 0 Å². The van der Waals surface area contributed by atoms with Crippen LogP contribution in [0, 0.1) is 5.92 Å². The van der Waals surface area contributed by atoms with Crippen LogP contribution in [-0.4, -0.2) is 18.1 Å². The second-order valence-corrected chi connectivity index (χ2v) is 4.84. The predicted octanol–water partition coefficient (Wildman–Crippen LogP) is 1.94. The van der Waals surface area contributed by atoms with Gasteiger partial charge in [0.15, 0.2) is 0 Å². The monoisotopic (exact) mass is 233 g/mol. The SMILES string of the molecule is CC(CN)(NC(=O)Nc1ccccc1)C1CC1. The average Bonchev–Trinajstić information content (AvgIpc) is 3.14. The van der Waals surface area contributed by atoms with Crippen molar-refractivity contribution in [3.05, 3.63) is 30.3 Å². The Morgan fingerprint density at radius 3 is 2.59 bits per heavy atom. The number of anilines is 1. The summed E-state index contributed by atoms with van der Waals surface area (Å²) in [4.78, 5) is 11.8. The highest BCUT2D eigenvalue weighted by atomic mass is 16.2. The first-order valence-corrected chi connectivity index (χ1v) is 5.98. The summed E-state index contributed by atoms with van der Waals surface area (Å²) in [7, 11) is 0. The molecule has 1 aliphatic rings. The maximum absolute atomic E-state index is 11.8. The lowest BCUT2D eigenvalue weighted by atomic mass is 9.96. The van der Waals surface area contributed by atoms with E-state index >= 15 is 0 Å². The molecule has 0 aliphatic heterocycles. The van der Waals surface area contributed by atoms with Crippen molar-refractivity contribution in [1.82, 2.24) is 5.32 Å². The Morgan fingerprint density at radius 1 is 1.41 bits per heavy atom. The molecule has 0 saturated heterocycles. The van der Waals surface area contributed by atoms with Gasteiger partial charge in [0.25, 0.3) is 0 Å². The predicted molar refractivity (Wildman–Crippen MR) is 68.8 cm³/mol. The molecule has 1 aliphatic carbocycles.